The van der Waals surface area contributed by atoms with E-state index in [1.54, 1.807) is 7.05 Å². The van der Waals surface area contributed by atoms with E-state index in [4.69, 9.17) is 0 Å². The van der Waals surface area contributed by atoms with Gasteiger partial charge in [0.15, 0.2) is 5.96 Å². The summed E-state index contributed by atoms with van der Waals surface area (Å²) in [6, 6.07) is 11.9. The van der Waals surface area contributed by atoms with Crippen molar-refractivity contribution in [2.24, 2.45) is 4.99 Å². The Balaban J connectivity index is 0.00000338. The molecule has 0 atom stereocenters. The van der Waals surface area contributed by atoms with Crippen LogP contribution in [-0.4, -0.2) is 25.5 Å². The van der Waals surface area contributed by atoms with Crippen molar-refractivity contribution in [2.45, 2.75) is 20.4 Å². The molecule has 5 nitrogen and oxygen atoms in total. The smallest absolute Gasteiger partial charge is 0.243 e. The molecule has 0 heterocycles. The fraction of sp³-hybridized carbons (Fsp3) is 0.263. The summed E-state index contributed by atoms with van der Waals surface area (Å²) in [5, 5.41) is 8.82. The lowest BCUT2D eigenvalue weighted by molar-refractivity contribution is -0.115. The summed E-state index contributed by atoms with van der Waals surface area (Å²) in [6.45, 7) is 4.80. The minimum atomic E-state index is -0.341. The minimum Gasteiger partial charge on any atom is -0.352 e. The second-order valence-electron chi connectivity index (χ2n) is 5.76. The predicted molar refractivity (Wildman–Crippen MR) is 115 cm³/mol. The molecular weight excluding hydrogens is 446 g/mol. The highest BCUT2D eigenvalue weighted by atomic mass is 127. The van der Waals surface area contributed by atoms with Gasteiger partial charge in [0.25, 0.3) is 0 Å². The van der Waals surface area contributed by atoms with Crippen LogP contribution in [0.1, 0.15) is 16.7 Å². The van der Waals surface area contributed by atoms with E-state index in [-0.39, 0.29) is 42.2 Å². The topological polar surface area (TPSA) is 65.5 Å². The summed E-state index contributed by atoms with van der Waals surface area (Å²) < 4.78 is 12.8. The maximum absolute atomic E-state index is 12.8. The average Bonchev–Trinajstić information content (AvgIpc) is 2.58. The molecule has 0 radical (unpaired) electrons. The van der Waals surface area contributed by atoms with Crippen LogP contribution in [0.25, 0.3) is 0 Å². The average molecular weight is 470 g/mol. The highest BCUT2D eigenvalue weighted by molar-refractivity contribution is 14.0. The van der Waals surface area contributed by atoms with Crippen LogP contribution in [0.2, 0.25) is 0 Å². The van der Waals surface area contributed by atoms with Crippen molar-refractivity contribution in [1.29, 1.82) is 0 Å². The minimum absolute atomic E-state index is 0. The number of aliphatic imine (C=N–C) groups is 1. The van der Waals surface area contributed by atoms with E-state index in [2.05, 4.69) is 53.0 Å². The molecule has 0 aliphatic heterocycles. The molecular formula is C19H24FIN4O. The van der Waals surface area contributed by atoms with Gasteiger partial charge in [0.1, 0.15) is 5.82 Å². The van der Waals surface area contributed by atoms with Gasteiger partial charge in [-0.05, 0) is 49.2 Å². The third-order valence-electron chi connectivity index (χ3n) is 3.71. The van der Waals surface area contributed by atoms with Crippen LogP contribution in [0.5, 0.6) is 0 Å². The largest absolute Gasteiger partial charge is 0.352 e. The summed E-state index contributed by atoms with van der Waals surface area (Å²) in [6.07, 6.45) is 0. The number of nitrogens with zero attached hydrogens (tertiary/aromatic N) is 1. The highest BCUT2D eigenvalue weighted by Crippen LogP contribution is 2.10. The van der Waals surface area contributed by atoms with Gasteiger partial charge in [0.2, 0.25) is 5.91 Å². The standard InChI is InChI=1S/C19H23FN4O.HI/c1-13-4-5-15(14(2)10-13)11-22-19(21-3)23-12-18(25)24-17-8-6-16(20)7-9-17;/h4-10H,11-12H2,1-3H3,(H,24,25)(H2,21,22,23);1H. The van der Waals surface area contributed by atoms with Crippen molar-refractivity contribution in [3.05, 3.63) is 65.0 Å². The van der Waals surface area contributed by atoms with Crippen LogP contribution >= 0.6 is 24.0 Å². The molecule has 0 spiro atoms. The number of aryl methyl sites for hydroxylation is 2. The first-order valence-corrected chi connectivity index (χ1v) is 8.04. The van der Waals surface area contributed by atoms with Crippen molar-refractivity contribution in [1.82, 2.24) is 10.6 Å². The van der Waals surface area contributed by atoms with Crippen LogP contribution in [0.4, 0.5) is 10.1 Å². The Bertz CT molecular complexity index is 763. The molecule has 0 saturated heterocycles. The van der Waals surface area contributed by atoms with Crippen LogP contribution in [-0.2, 0) is 11.3 Å². The second-order valence-corrected chi connectivity index (χ2v) is 5.76. The molecule has 2 aromatic rings. The van der Waals surface area contributed by atoms with Crippen LogP contribution < -0.4 is 16.0 Å². The molecule has 0 unspecified atom stereocenters. The number of carbonyl (C=O) groups is 1. The van der Waals surface area contributed by atoms with Crippen molar-refractivity contribution in [2.75, 3.05) is 18.9 Å². The number of benzene rings is 2. The van der Waals surface area contributed by atoms with Crippen LogP contribution in [0, 0.1) is 19.7 Å². The SMILES string of the molecule is CN=C(NCC(=O)Nc1ccc(F)cc1)NCc1ccc(C)cc1C.I. The lowest BCUT2D eigenvalue weighted by Crippen LogP contribution is -2.41. The van der Waals surface area contributed by atoms with Gasteiger partial charge >= 0.3 is 0 Å². The number of carbonyl (C=O) groups excluding carboxylic acids is 1. The summed E-state index contributed by atoms with van der Waals surface area (Å²) in [5.74, 6) is -0.0394. The zero-order chi connectivity index (χ0) is 18.2. The van der Waals surface area contributed by atoms with Crippen molar-refractivity contribution in [3.8, 4) is 0 Å². The molecule has 2 aromatic carbocycles. The number of hydrogen-bond donors (Lipinski definition) is 3. The van der Waals surface area contributed by atoms with E-state index in [0.717, 1.165) is 0 Å². The number of halogens is 2. The monoisotopic (exact) mass is 470 g/mol. The van der Waals surface area contributed by atoms with E-state index in [1.165, 1.54) is 41.0 Å². The molecule has 2 rings (SSSR count). The molecule has 0 saturated carbocycles. The summed E-state index contributed by atoms with van der Waals surface area (Å²) in [5.41, 5.74) is 4.15. The number of amides is 1. The Hall–Kier alpha value is -2.16. The number of rotatable bonds is 5. The first kappa shape index (κ1) is 21.9. The van der Waals surface area contributed by atoms with E-state index in [9.17, 15) is 9.18 Å². The maximum atomic E-state index is 12.8. The molecule has 0 fully saturated rings. The van der Waals surface area contributed by atoms with Crippen molar-refractivity contribution >= 4 is 41.5 Å². The van der Waals surface area contributed by atoms with E-state index in [1.807, 2.05) is 0 Å². The Kier molecular flexibility index (Phi) is 9.04. The van der Waals surface area contributed by atoms with Crippen molar-refractivity contribution in [3.63, 3.8) is 0 Å². The Morgan fingerprint density at radius 3 is 2.38 bits per heavy atom. The zero-order valence-corrected chi connectivity index (χ0v) is 17.4. The molecule has 0 aliphatic rings. The summed E-state index contributed by atoms with van der Waals surface area (Å²) in [4.78, 5) is 16.0. The predicted octanol–water partition coefficient (Wildman–Crippen LogP) is 3.36. The van der Waals surface area contributed by atoms with Crippen LogP contribution in [0.3, 0.4) is 0 Å². The van der Waals surface area contributed by atoms with Gasteiger partial charge < -0.3 is 16.0 Å². The lowest BCUT2D eigenvalue weighted by atomic mass is 10.1. The Labute approximate surface area is 170 Å². The summed E-state index contributed by atoms with van der Waals surface area (Å²) >= 11 is 0. The zero-order valence-electron chi connectivity index (χ0n) is 15.1. The molecule has 7 heteroatoms. The molecule has 3 N–H and O–H groups in total. The first-order valence-electron chi connectivity index (χ1n) is 8.04. The molecule has 140 valence electrons. The first-order chi connectivity index (χ1) is 12.0. The van der Waals surface area contributed by atoms with Gasteiger partial charge in [0.05, 0.1) is 6.54 Å². The molecule has 1 amide bonds. The molecule has 0 aliphatic carbocycles. The van der Waals surface area contributed by atoms with Crippen molar-refractivity contribution < 1.29 is 9.18 Å². The number of hydrogen-bond acceptors (Lipinski definition) is 2. The normalized spacial score (nSPS) is 10.7. The van der Waals surface area contributed by atoms with Gasteiger partial charge in [-0.1, -0.05) is 23.8 Å². The fourth-order valence-electron chi connectivity index (χ4n) is 2.35. The van der Waals surface area contributed by atoms with E-state index >= 15 is 0 Å². The van der Waals surface area contributed by atoms with Gasteiger partial charge in [-0.25, -0.2) is 4.39 Å². The number of nitrogens with one attached hydrogen (secondary N) is 3. The van der Waals surface area contributed by atoms with Gasteiger partial charge in [0, 0.05) is 19.3 Å². The van der Waals surface area contributed by atoms with Gasteiger partial charge in [-0.3, -0.25) is 9.79 Å². The van der Waals surface area contributed by atoms with E-state index in [0.29, 0.717) is 18.2 Å². The third kappa shape index (κ3) is 6.99. The fourth-order valence-corrected chi connectivity index (χ4v) is 2.35. The van der Waals surface area contributed by atoms with Gasteiger partial charge in [-0.15, -0.1) is 24.0 Å². The molecule has 0 bridgehead atoms. The molecule has 26 heavy (non-hydrogen) atoms. The second kappa shape index (κ2) is 10.7. The van der Waals surface area contributed by atoms with Crippen LogP contribution in [0.15, 0.2) is 47.5 Å². The van der Waals surface area contributed by atoms with E-state index < -0.39 is 0 Å². The number of guanidine groups is 1. The maximum Gasteiger partial charge on any atom is 0.243 e. The Morgan fingerprint density at radius 1 is 1.08 bits per heavy atom. The highest BCUT2D eigenvalue weighted by Gasteiger charge is 2.05. The lowest BCUT2D eigenvalue weighted by Gasteiger charge is -2.13. The molecule has 0 aromatic heterocycles. The quantitative estimate of drug-likeness (QED) is 0.357. The Morgan fingerprint density at radius 2 is 1.77 bits per heavy atom. The third-order valence-corrected chi connectivity index (χ3v) is 3.71. The van der Waals surface area contributed by atoms with Gasteiger partial charge in [-0.2, -0.15) is 0 Å². The number of anilines is 1. The summed E-state index contributed by atoms with van der Waals surface area (Å²) in [7, 11) is 1.65.